The fourth-order valence-electron chi connectivity index (χ4n) is 2.89. The summed E-state index contributed by atoms with van der Waals surface area (Å²) >= 11 is 1.71. The Bertz CT molecular complexity index is 346. The van der Waals surface area contributed by atoms with E-state index in [0.29, 0.717) is 0 Å². The summed E-state index contributed by atoms with van der Waals surface area (Å²) in [5.74, 6) is 0. The van der Waals surface area contributed by atoms with Gasteiger partial charge in [0, 0.05) is 29.6 Å². The van der Waals surface area contributed by atoms with Crippen molar-refractivity contribution < 1.29 is 0 Å². The molecular weight excluding hydrogens is 242 g/mol. The molecule has 0 aromatic carbocycles. The molecule has 0 aliphatic carbocycles. The molecule has 2 atom stereocenters. The van der Waals surface area contributed by atoms with E-state index in [2.05, 4.69) is 23.7 Å². The summed E-state index contributed by atoms with van der Waals surface area (Å²) < 4.78 is 0. The second-order valence-electron chi connectivity index (χ2n) is 5.49. The Balaban J connectivity index is 2.04. The zero-order chi connectivity index (χ0) is 13.0. The zero-order valence-corrected chi connectivity index (χ0v) is 12.4. The predicted octanol–water partition coefficient (Wildman–Crippen LogP) is 2.67. The van der Waals surface area contributed by atoms with Gasteiger partial charge in [0.15, 0.2) is 0 Å². The number of hydrogen-bond donors (Lipinski definition) is 1. The number of piperidine rings is 1. The molecular formula is C14H25N3S. The van der Waals surface area contributed by atoms with Gasteiger partial charge in [-0.25, -0.2) is 4.98 Å². The van der Waals surface area contributed by atoms with Gasteiger partial charge in [-0.1, -0.05) is 13.3 Å². The smallest absolute Gasteiger partial charge is 0.0940 e. The third-order valence-corrected chi connectivity index (χ3v) is 5.27. The molecule has 1 fully saturated rings. The second kappa shape index (κ2) is 6.13. The van der Waals surface area contributed by atoms with Crippen molar-refractivity contribution in [2.45, 2.75) is 57.5 Å². The first-order valence-corrected chi connectivity index (χ1v) is 7.94. The fourth-order valence-corrected chi connectivity index (χ4v) is 3.56. The van der Waals surface area contributed by atoms with E-state index in [1.165, 1.54) is 37.4 Å². The minimum absolute atomic E-state index is 0.117. The number of thiazole rings is 1. The molecule has 0 spiro atoms. The van der Waals surface area contributed by atoms with Crippen LogP contribution in [0.1, 0.15) is 44.5 Å². The minimum atomic E-state index is 0.117. The molecule has 0 bridgehead atoms. The van der Waals surface area contributed by atoms with Gasteiger partial charge >= 0.3 is 0 Å². The van der Waals surface area contributed by atoms with Crippen LogP contribution in [0, 0.1) is 0 Å². The fraction of sp³-hybridized carbons (Fsp3) is 0.786. The molecule has 2 N–H and O–H groups in total. The molecule has 1 aromatic heterocycles. The first-order chi connectivity index (χ1) is 8.66. The summed E-state index contributed by atoms with van der Waals surface area (Å²) in [6.45, 7) is 7.00. The summed E-state index contributed by atoms with van der Waals surface area (Å²) in [5, 5.41) is 3.20. The number of aromatic nitrogens is 1. The number of nitrogens with two attached hydrogens (primary N) is 1. The molecule has 4 heteroatoms. The van der Waals surface area contributed by atoms with Crippen LogP contribution in [-0.4, -0.2) is 34.6 Å². The van der Waals surface area contributed by atoms with Gasteiger partial charge in [-0.2, -0.15) is 0 Å². The highest BCUT2D eigenvalue weighted by Crippen LogP contribution is 2.28. The lowest BCUT2D eigenvalue weighted by Gasteiger charge is -2.46. The average molecular weight is 267 g/mol. The highest BCUT2D eigenvalue weighted by molar-refractivity contribution is 7.09. The average Bonchev–Trinajstić information content (AvgIpc) is 2.91. The normalized spacial score (nSPS) is 22.6. The van der Waals surface area contributed by atoms with Crippen molar-refractivity contribution in [3.8, 4) is 0 Å². The van der Waals surface area contributed by atoms with Crippen molar-refractivity contribution >= 4 is 11.3 Å². The van der Waals surface area contributed by atoms with Gasteiger partial charge in [-0.3, -0.25) is 4.90 Å². The lowest BCUT2D eigenvalue weighted by molar-refractivity contribution is 0.0546. The third kappa shape index (κ3) is 2.92. The Labute approximate surface area is 114 Å². The first-order valence-electron chi connectivity index (χ1n) is 7.06. The van der Waals surface area contributed by atoms with Crippen molar-refractivity contribution in [1.82, 2.24) is 9.88 Å². The molecule has 0 radical (unpaired) electrons. The molecule has 2 unspecified atom stereocenters. The largest absolute Gasteiger partial charge is 0.326 e. The maximum Gasteiger partial charge on any atom is 0.0940 e. The molecule has 1 aliphatic rings. The number of likely N-dealkylation sites (tertiary alicyclic amines) is 1. The van der Waals surface area contributed by atoms with Crippen molar-refractivity contribution in [3.05, 3.63) is 16.6 Å². The molecule has 18 heavy (non-hydrogen) atoms. The van der Waals surface area contributed by atoms with Gasteiger partial charge in [-0.05, 0) is 39.3 Å². The Morgan fingerprint density at radius 1 is 1.44 bits per heavy atom. The Morgan fingerprint density at radius 2 is 2.17 bits per heavy atom. The standard InChI is InChI=1S/C14H25N3S/c1-3-14(2,17-8-5-4-6-9-17)12(15)11-13-16-7-10-18-13/h7,10,12H,3-6,8-9,11,15H2,1-2H3. The van der Waals surface area contributed by atoms with Crippen LogP contribution >= 0.6 is 11.3 Å². The van der Waals surface area contributed by atoms with Crippen molar-refractivity contribution in [2.24, 2.45) is 5.73 Å². The Kier molecular flexibility index (Phi) is 4.76. The maximum atomic E-state index is 6.51. The maximum absolute atomic E-state index is 6.51. The molecule has 2 rings (SSSR count). The van der Waals surface area contributed by atoms with Crippen LogP contribution in [0.5, 0.6) is 0 Å². The predicted molar refractivity (Wildman–Crippen MR) is 77.9 cm³/mol. The quantitative estimate of drug-likeness (QED) is 0.892. The van der Waals surface area contributed by atoms with Crippen LogP contribution < -0.4 is 5.73 Å². The van der Waals surface area contributed by atoms with Crippen LogP contribution in [-0.2, 0) is 6.42 Å². The van der Waals surface area contributed by atoms with Gasteiger partial charge in [0.1, 0.15) is 0 Å². The van der Waals surface area contributed by atoms with E-state index in [1.807, 2.05) is 11.6 Å². The zero-order valence-electron chi connectivity index (χ0n) is 11.6. The Morgan fingerprint density at radius 3 is 2.72 bits per heavy atom. The van der Waals surface area contributed by atoms with E-state index in [0.717, 1.165) is 12.8 Å². The van der Waals surface area contributed by atoms with Crippen LogP contribution in [0.4, 0.5) is 0 Å². The molecule has 3 nitrogen and oxygen atoms in total. The Hall–Kier alpha value is -0.450. The van der Waals surface area contributed by atoms with Crippen LogP contribution in [0.25, 0.3) is 0 Å². The topological polar surface area (TPSA) is 42.1 Å². The van der Waals surface area contributed by atoms with Gasteiger partial charge in [-0.15, -0.1) is 11.3 Å². The van der Waals surface area contributed by atoms with Gasteiger partial charge in [0.05, 0.1) is 5.01 Å². The lowest BCUT2D eigenvalue weighted by atomic mass is 9.84. The van der Waals surface area contributed by atoms with Crippen molar-refractivity contribution in [3.63, 3.8) is 0 Å². The van der Waals surface area contributed by atoms with Crippen LogP contribution in [0.2, 0.25) is 0 Å². The molecule has 2 heterocycles. The number of rotatable bonds is 5. The molecule has 0 saturated carbocycles. The van der Waals surface area contributed by atoms with Gasteiger partial charge < -0.3 is 5.73 Å². The van der Waals surface area contributed by atoms with Crippen LogP contribution in [0.15, 0.2) is 11.6 Å². The van der Waals surface area contributed by atoms with E-state index < -0.39 is 0 Å². The third-order valence-electron chi connectivity index (χ3n) is 4.47. The van der Waals surface area contributed by atoms with Gasteiger partial charge in [0.25, 0.3) is 0 Å². The molecule has 1 aromatic rings. The summed E-state index contributed by atoms with van der Waals surface area (Å²) in [5.41, 5.74) is 6.63. The highest BCUT2D eigenvalue weighted by Gasteiger charge is 2.36. The van der Waals surface area contributed by atoms with Gasteiger partial charge in [0.2, 0.25) is 0 Å². The van der Waals surface area contributed by atoms with E-state index >= 15 is 0 Å². The summed E-state index contributed by atoms with van der Waals surface area (Å²) in [6, 6.07) is 0.173. The monoisotopic (exact) mass is 267 g/mol. The van der Waals surface area contributed by atoms with E-state index in [9.17, 15) is 0 Å². The summed E-state index contributed by atoms with van der Waals surface area (Å²) in [6.07, 6.45) is 7.89. The van der Waals surface area contributed by atoms with E-state index in [-0.39, 0.29) is 11.6 Å². The minimum Gasteiger partial charge on any atom is -0.326 e. The van der Waals surface area contributed by atoms with E-state index in [1.54, 1.807) is 11.3 Å². The molecule has 0 amide bonds. The first kappa shape index (κ1) is 14.0. The molecule has 1 saturated heterocycles. The van der Waals surface area contributed by atoms with Crippen molar-refractivity contribution in [2.75, 3.05) is 13.1 Å². The summed E-state index contributed by atoms with van der Waals surface area (Å²) in [7, 11) is 0. The highest BCUT2D eigenvalue weighted by atomic mass is 32.1. The number of hydrogen-bond acceptors (Lipinski definition) is 4. The number of nitrogens with zero attached hydrogens (tertiary/aromatic N) is 2. The van der Waals surface area contributed by atoms with E-state index in [4.69, 9.17) is 5.73 Å². The molecule has 102 valence electrons. The lowest BCUT2D eigenvalue weighted by Crippen LogP contribution is -2.59. The molecule has 1 aliphatic heterocycles. The second-order valence-corrected chi connectivity index (χ2v) is 6.47. The summed E-state index contributed by atoms with van der Waals surface area (Å²) in [4.78, 5) is 6.98. The van der Waals surface area contributed by atoms with Crippen LogP contribution in [0.3, 0.4) is 0 Å². The van der Waals surface area contributed by atoms with Crippen molar-refractivity contribution in [1.29, 1.82) is 0 Å². The SMILES string of the molecule is CCC(C)(C(N)Cc1nccs1)N1CCCCC1.